The third kappa shape index (κ3) is 4.93. The Morgan fingerprint density at radius 1 is 1.30 bits per heavy atom. The molecule has 0 N–H and O–H groups in total. The molecule has 1 fully saturated rings. The molecule has 3 nitrogen and oxygen atoms in total. The van der Waals surface area contributed by atoms with Crippen LogP contribution in [0, 0.1) is 5.92 Å². The number of rotatable bonds is 6. The Bertz CT molecular complexity index is 524. The van der Waals surface area contributed by atoms with E-state index in [1.165, 1.54) is 6.42 Å². The van der Waals surface area contributed by atoms with Gasteiger partial charge in [-0.05, 0) is 51.4 Å². The van der Waals surface area contributed by atoms with E-state index in [-0.39, 0.29) is 11.6 Å². The Morgan fingerprint density at radius 3 is 2.70 bits per heavy atom. The molecule has 2 atom stereocenters. The van der Waals surface area contributed by atoms with E-state index in [0.29, 0.717) is 5.92 Å². The lowest BCUT2D eigenvalue weighted by Crippen LogP contribution is -2.48. The van der Waals surface area contributed by atoms with Gasteiger partial charge >= 0.3 is 5.97 Å². The summed E-state index contributed by atoms with van der Waals surface area (Å²) in [7, 11) is 4.18. The first kappa shape index (κ1) is 17.7. The van der Waals surface area contributed by atoms with Gasteiger partial charge in [-0.15, -0.1) is 0 Å². The van der Waals surface area contributed by atoms with Crippen molar-refractivity contribution in [3.05, 3.63) is 42.0 Å². The molecule has 2 rings (SSSR count). The normalized spacial score (nSPS) is 25.0. The zero-order valence-corrected chi connectivity index (χ0v) is 14.6. The molecule has 0 spiro atoms. The van der Waals surface area contributed by atoms with Crippen LogP contribution in [0.3, 0.4) is 0 Å². The van der Waals surface area contributed by atoms with Gasteiger partial charge in [0.2, 0.25) is 0 Å². The lowest BCUT2D eigenvalue weighted by Gasteiger charge is -2.43. The lowest BCUT2D eigenvalue weighted by atomic mass is 9.73. The van der Waals surface area contributed by atoms with E-state index in [1.54, 1.807) is 6.08 Å². The second-order valence-electron chi connectivity index (χ2n) is 6.79. The molecular weight excluding hydrogens is 286 g/mol. The van der Waals surface area contributed by atoms with Crippen molar-refractivity contribution < 1.29 is 9.53 Å². The average molecular weight is 315 g/mol. The van der Waals surface area contributed by atoms with Crippen LogP contribution in [-0.2, 0) is 9.53 Å². The highest BCUT2D eigenvalue weighted by Gasteiger charge is 2.42. The molecule has 0 amide bonds. The first-order valence-corrected chi connectivity index (χ1v) is 8.66. The van der Waals surface area contributed by atoms with Gasteiger partial charge in [-0.25, -0.2) is 4.79 Å². The molecule has 0 bridgehead atoms. The van der Waals surface area contributed by atoms with Gasteiger partial charge in [0.15, 0.2) is 0 Å². The van der Waals surface area contributed by atoms with Gasteiger partial charge in [0.05, 0.1) is 0 Å². The maximum atomic E-state index is 12.4. The summed E-state index contributed by atoms with van der Waals surface area (Å²) in [5.74, 6) is 0.201. The van der Waals surface area contributed by atoms with Crippen molar-refractivity contribution >= 4 is 12.0 Å². The Balaban J connectivity index is 2.06. The minimum absolute atomic E-state index is 0.221. The maximum absolute atomic E-state index is 12.4. The van der Waals surface area contributed by atoms with Crippen molar-refractivity contribution in [2.75, 3.05) is 20.6 Å². The average Bonchev–Trinajstić information content (AvgIpc) is 2.55. The van der Waals surface area contributed by atoms with Gasteiger partial charge in [0, 0.05) is 18.5 Å². The quantitative estimate of drug-likeness (QED) is 0.583. The lowest BCUT2D eigenvalue weighted by molar-refractivity contribution is -0.166. The predicted molar refractivity (Wildman–Crippen MR) is 95.1 cm³/mol. The number of carbonyl (C=O) groups excluding carboxylic acids is 1. The first-order valence-electron chi connectivity index (χ1n) is 8.66. The summed E-state index contributed by atoms with van der Waals surface area (Å²) in [5.41, 5.74) is 0.712. The monoisotopic (exact) mass is 315 g/mol. The van der Waals surface area contributed by atoms with Gasteiger partial charge in [-0.2, -0.15) is 0 Å². The first-order chi connectivity index (χ1) is 11.1. The Morgan fingerprint density at radius 2 is 2.04 bits per heavy atom. The number of ether oxygens (including phenoxy) is 1. The van der Waals surface area contributed by atoms with Crippen molar-refractivity contribution in [2.24, 2.45) is 5.92 Å². The molecule has 23 heavy (non-hydrogen) atoms. The summed E-state index contributed by atoms with van der Waals surface area (Å²) in [6.07, 6.45) is 8.78. The number of benzene rings is 1. The number of nitrogens with zero attached hydrogens (tertiary/aromatic N) is 1. The van der Waals surface area contributed by atoms with Crippen molar-refractivity contribution in [1.82, 2.24) is 4.90 Å². The highest BCUT2D eigenvalue weighted by atomic mass is 16.6. The number of esters is 1. The van der Waals surface area contributed by atoms with Crippen LogP contribution in [0.25, 0.3) is 6.08 Å². The topological polar surface area (TPSA) is 29.5 Å². The molecule has 1 aromatic rings. The molecule has 0 radical (unpaired) electrons. The summed E-state index contributed by atoms with van der Waals surface area (Å²) in [6, 6.07) is 9.86. The smallest absolute Gasteiger partial charge is 0.331 e. The predicted octanol–water partition coefficient (Wildman–Crippen LogP) is 4.14. The minimum atomic E-state index is -0.305. The second-order valence-corrected chi connectivity index (χ2v) is 6.79. The van der Waals surface area contributed by atoms with E-state index in [0.717, 1.165) is 37.8 Å². The van der Waals surface area contributed by atoms with Gasteiger partial charge in [-0.3, -0.25) is 0 Å². The second kappa shape index (κ2) is 8.30. The molecule has 0 saturated heterocycles. The van der Waals surface area contributed by atoms with E-state index in [2.05, 4.69) is 25.9 Å². The molecule has 1 aromatic carbocycles. The molecule has 2 unspecified atom stereocenters. The summed E-state index contributed by atoms with van der Waals surface area (Å²) in [6.45, 7) is 3.12. The van der Waals surface area contributed by atoms with Crippen molar-refractivity contribution in [3.8, 4) is 0 Å². The number of hydrogen-bond acceptors (Lipinski definition) is 3. The van der Waals surface area contributed by atoms with Crippen LogP contribution in [0.5, 0.6) is 0 Å². The van der Waals surface area contributed by atoms with E-state index < -0.39 is 0 Å². The minimum Gasteiger partial charge on any atom is -0.456 e. The Hall–Kier alpha value is -1.61. The van der Waals surface area contributed by atoms with E-state index in [1.807, 2.05) is 36.4 Å². The molecule has 0 aromatic heterocycles. The Labute approximate surface area is 140 Å². The highest BCUT2D eigenvalue weighted by molar-refractivity contribution is 5.87. The molecule has 1 aliphatic rings. The van der Waals surface area contributed by atoms with Crippen LogP contribution in [0.2, 0.25) is 0 Å². The van der Waals surface area contributed by atoms with Crippen LogP contribution in [0.1, 0.15) is 44.6 Å². The van der Waals surface area contributed by atoms with Crippen molar-refractivity contribution in [2.45, 2.75) is 44.6 Å². The molecule has 1 saturated carbocycles. The molecule has 126 valence electrons. The summed E-state index contributed by atoms with van der Waals surface area (Å²) in [4.78, 5) is 14.6. The molecular formula is C20H29NO2. The molecule has 3 heteroatoms. The highest BCUT2D eigenvalue weighted by Crippen LogP contribution is 2.40. The largest absolute Gasteiger partial charge is 0.456 e. The Kier molecular flexibility index (Phi) is 6.40. The van der Waals surface area contributed by atoms with Crippen LogP contribution < -0.4 is 0 Å². The van der Waals surface area contributed by atoms with E-state index >= 15 is 0 Å². The van der Waals surface area contributed by atoms with Crippen LogP contribution in [0.15, 0.2) is 36.4 Å². The fraction of sp³-hybridized carbons (Fsp3) is 0.550. The fourth-order valence-corrected chi connectivity index (χ4v) is 3.62. The summed E-state index contributed by atoms with van der Waals surface area (Å²) < 4.78 is 6.01. The van der Waals surface area contributed by atoms with Gasteiger partial charge in [-0.1, -0.05) is 43.7 Å². The molecule has 1 aliphatic carbocycles. The van der Waals surface area contributed by atoms with Crippen LogP contribution in [-0.4, -0.2) is 37.1 Å². The van der Waals surface area contributed by atoms with Gasteiger partial charge < -0.3 is 9.64 Å². The summed E-state index contributed by atoms with van der Waals surface area (Å²) in [5, 5.41) is 0. The van der Waals surface area contributed by atoms with Crippen LogP contribution >= 0.6 is 0 Å². The van der Waals surface area contributed by atoms with Gasteiger partial charge in [0.1, 0.15) is 5.60 Å². The fourth-order valence-electron chi connectivity index (χ4n) is 3.62. The maximum Gasteiger partial charge on any atom is 0.331 e. The number of hydrogen-bond donors (Lipinski definition) is 0. The van der Waals surface area contributed by atoms with Gasteiger partial charge in [0.25, 0.3) is 0 Å². The van der Waals surface area contributed by atoms with E-state index in [9.17, 15) is 4.79 Å². The SMILES string of the molecule is CCC1(OC(=O)/C=C/c2ccccc2)CCCCC1CN(C)C. The zero-order valence-electron chi connectivity index (χ0n) is 14.6. The van der Waals surface area contributed by atoms with E-state index in [4.69, 9.17) is 4.74 Å². The third-order valence-corrected chi connectivity index (χ3v) is 4.85. The molecule has 0 aliphatic heterocycles. The third-order valence-electron chi connectivity index (χ3n) is 4.85. The van der Waals surface area contributed by atoms with Crippen molar-refractivity contribution in [1.29, 1.82) is 0 Å². The zero-order chi connectivity index (χ0) is 16.7. The van der Waals surface area contributed by atoms with Crippen molar-refractivity contribution in [3.63, 3.8) is 0 Å². The number of carbonyl (C=O) groups is 1. The standard InChI is InChI=1S/C20H29NO2/c1-4-20(15-9-8-12-18(20)16-21(2)3)23-19(22)14-13-17-10-6-5-7-11-17/h5-7,10-11,13-14,18H,4,8-9,12,15-16H2,1-3H3/b14-13+. The molecule has 0 heterocycles. The van der Waals surface area contributed by atoms with Crippen LogP contribution in [0.4, 0.5) is 0 Å². The summed E-state index contributed by atoms with van der Waals surface area (Å²) >= 11 is 0.